The Labute approximate surface area is 277 Å². The van der Waals surface area contributed by atoms with E-state index in [2.05, 4.69) is 5.32 Å². The van der Waals surface area contributed by atoms with Gasteiger partial charge in [0, 0.05) is 33.8 Å². The summed E-state index contributed by atoms with van der Waals surface area (Å²) in [7, 11) is 1.71. The zero-order chi connectivity index (χ0) is 32.4. The van der Waals surface area contributed by atoms with E-state index in [1.807, 2.05) is 31.2 Å². The highest BCUT2D eigenvalue weighted by Crippen LogP contribution is 2.64. The second kappa shape index (κ2) is 10.0. The molecule has 0 spiro atoms. The molecule has 12 heteroatoms. The summed E-state index contributed by atoms with van der Waals surface area (Å²) in [6.07, 6.45) is 2.54. The third kappa shape index (κ3) is 3.90. The fourth-order valence-electron chi connectivity index (χ4n) is 8.45. The fraction of sp³-hybridized carbons (Fsp3) is 0.324. The van der Waals surface area contributed by atoms with Gasteiger partial charge in [0.1, 0.15) is 17.3 Å². The van der Waals surface area contributed by atoms with Crippen LogP contribution >= 0.6 is 34.5 Å². The Kier molecular flexibility index (Phi) is 6.40. The number of rotatable bonds is 3. The monoisotopic (exact) mass is 674 g/mol. The number of fused-ring (bicyclic) bond motifs is 5. The SMILES string of the molecule is Cc1c(-c2cc(N3C(=O)C4CC5C(=CCC6C(=O)NC(=O)C65)C(c5ccc(O)cc5Cl)C4(C)C3=O)n(C)n2)sc2ccc(Cl)cc12. The standard InChI is InChI=1S/C34H28Cl2N4O5S/c1-14-20-10-15(35)4-9-25(20)46-29(14)24-13-26(39(3)38-24)40-32(44)22-12-21-17(7-8-19-27(21)31(43)37-30(19)42)28(34(22,2)33(40)45)18-6-5-16(41)11-23(18)36/h4-7,9-11,13,19,21-22,27-28,41H,8,12H2,1-3H3,(H,37,42,43). The van der Waals surface area contributed by atoms with Crippen LogP contribution in [0.25, 0.3) is 20.7 Å². The molecule has 234 valence electrons. The molecule has 4 aromatic rings. The average molecular weight is 676 g/mol. The van der Waals surface area contributed by atoms with Crippen molar-refractivity contribution in [2.45, 2.75) is 32.6 Å². The largest absolute Gasteiger partial charge is 0.508 e. The molecule has 6 unspecified atom stereocenters. The maximum atomic E-state index is 14.8. The maximum Gasteiger partial charge on any atom is 0.242 e. The molecule has 2 aromatic heterocycles. The first-order valence-electron chi connectivity index (χ1n) is 15.0. The summed E-state index contributed by atoms with van der Waals surface area (Å²) < 4.78 is 2.60. The van der Waals surface area contributed by atoms with Crippen molar-refractivity contribution in [3.05, 3.63) is 75.3 Å². The van der Waals surface area contributed by atoms with E-state index < -0.39 is 35.0 Å². The van der Waals surface area contributed by atoms with Crippen LogP contribution in [0.3, 0.4) is 0 Å². The summed E-state index contributed by atoms with van der Waals surface area (Å²) in [6.45, 7) is 3.80. The lowest BCUT2D eigenvalue weighted by atomic mass is 9.51. The molecule has 4 heterocycles. The van der Waals surface area contributed by atoms with Crippen LogP contribution in [-0.2, 0) is 26.2 Å². The van der Waals surface area contributed by atoms with Gasteiger partial charge in [-0.05, 0) is 79.5 Å². The van der Waals surface area contributed by atoms with E-state index in [4.69, 9.17) is 28.3 Å². The first-order valence-corrected chi connectivity index (χ1v) is 16.6. The number of benzene rings is 2. The van der Waals surface area contributed by atoms with Gasteiger partial charge in [0.15, 0.2) is 0 Å². The number of hydrogen-bond donors (Lipinski definition) is 2. The molecule has 0 bridgehead atoms. The van der Waals surface area contributed by atoms with Gasteiger partial charge in [0.25, 0.3) is 0 Å². The zero-order valence-corrected chi connectivity index (χ0v) is 27.3. The lowest BCUT2D eigenvalue weighted by molar-refractivity contribution is -0.131. The molecule has 4 aliphatic rings. The summed E-state index contributed by atoms with van der Waals surface area (Å²) in [5.41, 5.74) is 1.78. The number of carbonyl (C=O) groups is 4. The molecule has 2 saturated heterocycles. The van der Waals surface area contributed by atoms with Crippen LogP contribution in [0.5, 0.6) is 5.75 Å². The number of allylic oxidation sites excluding steroid dienone is 2. The number of halogens is 2. The van der Waals surface area contributed by atoms with Crippen molar-refractivity contribution >= 4 is 74.1 Å². The van der Waals surface area contributed by atoms with E-state index in [1.54, 1.807) is 42.1 Å². The third-order valence-corrected chi connectivity index (χ3v) is 12.5. The van der Waals surface area contributed by atoms with Crippen molar-refractivity contribution in [1.29, 1.82) is 0 Å². The van der Waals surface area contributed by atoms with Gasteiger partial charge in [-0.1, -0.05) is 40.9 Å². The lowest BCUT2D eigenvalue weighted by Gasteiger charge is -2.49. The second-order valence-electron chi connectivity index (χ2n) is 12.9. The van der Waals surface area contributed by atoms with E-state index in [0.29, 0.717) is 28.5 Å². The Hall–Kier alpha value is -3.99. The van der Waals surface area contributed by atoms with Crippen molar-refractivity contribution in [2.75, 3.05) is 4.90 Å². The van der Waals surface area contributed by atoms with Crippen molar-refractivity contribution in [3.63, 3.8) is 0 Å². The first-order chi connectivity index (χ1) is 21.9. The van der Waals surface area contributed by atoms with Crippen LogP contribution in [-0.4, -0.2) is 38.5 Å². The number of carbonyl (C=O) groups excluding carboxylic acids is 4. The minimum absolute atomic E-state index is 0.0297. The van der Waals surface area contributed by atoms with Gasteiger partial charge in [-0.25, -0.2) is 4.90 Å². The van der Waals surface area contributed by atoms with Gasteiger partial charge >= 0.3 is 0 Å². The minimum atomic E-state index is -1.26. The third-order valence-electron chi connectivity index (χ3n) is 10.6. The Morgan fingerprint density at radius 1 is 1.04 bits per heavy atom. The molecule has 2 aromatic carbocycles. The van der Waals surface area contributed by atoms with E-state index in [1.165, 1.54) is 17.0 Å². The van der Waals surface area contributed by atoms with Crippen LogP contribution in [0, 0.1) is 36.0 Å². The van der Waals surface area contributed by atoms with E-state index in [9.17, 15) is 24.3 Å². The van der Waals surface area contributed by atoms with Crippen LogP contribution in [0.15, 0.2) is 54.1 Å². The molecule has 8 rings (SSSR count). The molecular formula is C34H28Cl2N4O5S. The number of hydrogen-bond acceptors (Lipinski definition) is 7. The molecule has 1 saturated carbocycles. The van der Waals surface area contributed by atoms with E-state index in [0.717, 1.165) is 26.1 Å². The quantitative estimate of drug-likeness (QED) is 0.199. The number of thiophene rings is 1. The Morgan fingerprint density at radius 3 is 2.59 bits per heavy atom. The molecule has 2 N–H and O–H groups in total. The van der Waals surface area contributed by atoms with E-state index >= 15 is 0 Å². The summed E-state index contributed by atoms with van der Waals surface area (Å²) >= 11 is 14.6. The molecule has 2 aliphatic heterocycles. The molecule has 9 nitrogen and oxygen atoms in total. The Bertz CT molecular complexity index is 2100. The summed E-state index contributed by atoms with van der Waals surface area (Å²) in [5, 5.41) is 19.3. The lowest BCUT2D eigenvalue weighted by Crippen LogP contribution is -2.49. The highest BCUT2D eigenvalue weighted by molar-refractivity contribution is 7.22. The molecule has 6 atom stereocenters. The van der Waals surface area contributed by atoms with Crippen LogP contribution < -0.4 is 10.2 Å². The number of phenolic OH excluding ortho intramolecular Hbond substituents is 1. The van der Waals surface area contributed by atoms with Gasteiger partial charge in [-0.15, -0.1) is 11.3 Å². The van der Waals surface area contributed by atoms with Crippen molar-refractivity contribution < 1.29 is 24.3 Å². The molecular weight excluding hydrogens is 647 g/mol. The Balaban J connectivity index is 1.26. The predicted octanol–water partition coefficient (Wildman–Crippen LogP) is 6.14. The van der Waals surface area contributed by atoms with Crippen molar-refractivity contribution in [1.82, 2.24) is 15.1 Å². The predicted molar refractivity (Wildman–Crippen MR) is 175 cm³/mol. The number of aryl methyl sites for hydroxylation is 2. The fourth-order valence-corrected chi connectivity index (χ4v) is 10.1. The summed E-state index contributed by atoms with van der Waals surface area (Å²) in [6, 6.07) is 12.1. The van der Waals surface area contributed by atoms with Crippen molar-refractivity contribution in [2.24, 2.45) is 36.1 Å². The van der Waals surface area contributed by atoms with E-state index in [-0.39, 0.29) is 40.8 Å². The molecule has 4 amide bonds. The number of phenols is 1. The number of anilines is 1. The smallest absolute Gasteiger partial charge is 0.242 e. The number of aromatic nitrogens is 2. The molecule has 46 heavy (non-hydrogen) atoms. The maximum absolute atomic E-state index is 14.8. The van der Waals surface area contributed by atoms with Crippen LogP contribution in [0.2, 0.25) is 10.0 Å². The molecule has 3 fully saturated rings. The van der Waals surface area contributed by atoms with Gasteiger partial charge in [-0.2, -0.15) is 5.10 Å². The van der Waals surface area contributed by atoms with Gasteiger partial charge in [-0.3, -0.25) is 29.2 Å². The van der Waals surface area contributed by atoms with Gasteiger partial charge in [0.05, 0.1) is 28.0 Å². The summed E-state index contributed by atoms with van der Waals surface area (Å²) in [5.74, 6) is -4.19. The van der Waals surface area contributed by atoms with Crippen LogP contribution in [0.1, 0.15) is 36.8 Å². The highest BCUT2D eigenvalue weighted by Gasteiger charge is 2.67. The highest BCUT2D eigenvalue weighted by atomic mass is 35.5. The summed E-state index contributed by atoms with van der Waals surface area (Å²) in [4.78, 5) is 57.3. The number of amides is 4. The number of imide groups is 2. The second-order valence-corrected chi connectivity index (χ2v) is 14.8. The van der Waals surface area contributed by atoms with Gasteiger partial charge in [0.2, 0.25) is 23.6 Å². The Morgan fingerprint density at radius 2 is 1.83 bits per heavy atom. The zero-order valence-electron chi connectivity index (χ0n) is 25.0. The first kappa shape index (κ1) is 29.4. The topological polar surface area (TPSA) is 122 Å². The molecule has 0 radical (unpaired) electrons. The van der Waals surface area contributed by atoms with Crippen LogP contribution in [0.4, 0.5) is 5.82 Å². The number of nitrogens with zero attached hydrogens (tertiary/aromatic N) is 3. The van der Waals surface area contributed by atoms with Crippen molar-refractivity contribution in [3.8, 4) is 16.3 Å². The normalized spacial score (nSPS) is 28.8. The molecule has 2 aliphatic carbocycles. The number of nitrogens with one attached hydrogen (secondary N) is 1. The van der Waals surface area contributed by atoms with Gasteiger partial charge < -0.3 is 5.11 Å². The minimum Gasteiger partial charge on any atom is -0.508 e. The number of aromatic hydroxyl groups is 1. The average Bonchev–Trinajstić information content (AvgIpc) is 3.69.